The Morgan fingerprint density at radius 1 is 0.867 bits per heavy atom. The van der Waals surface area contributed by atoms with Gasteiger partial charge in [-0.3, -0.25) is 0 Å². The maximum absolute atomic E-state index is 14.3. The van der Waals surface area contributed by atoms with Crippen molar-refractivity contribution in [1.29, 1.82) is 0 Å². The SMILES string of the molecule is CC(C)(CC(O)(Cc1cc(C(F)(F)F)cc(Cl)c1F)C(F)(F)F)c1ccc(Cl)cc1. The first-order valence-corrected chi connectivity index (χ1v) is 9.32. The first-order chi connectivity index (χ1) is 13.5. The molecule has 1 N–H and O–H groups in total. The summed E-state index contributed by atoms with van der Waals surface area (Å²) in [5, 5.41) is 9.88. The van der Waals surface area contributed by atoms with Gasteiger partial charge in [0.05, 0.1) is 10.6 Å². The van der Waals surface area contributed by atoms with E-state index in [1.54, 1.807) is 0 Å². The second-order valence-electron chi connectivity index (χ2n) is 7.70. The van der Waals surface area contributed by atoms with E-state index in [1.807, 2.05) is 0 Å². The van der Waals surface area contributed by atoms with Crippen LogP contribution in [0.1, 0.15) is 37.0 Å². The zero-order valence-electron chi connectivity index (χ0n) is 15.7. The Bertz CT molecular complexity index is 905. The van der Waals surface area contributed by atoms with E-state index in [0.29, 0.717) is 10.6 Å². The number of rotatable bonds is 5. The van der Waals surface area contributed by atoms with Gasteiger partial charge in [0.2, 0.25) is 0 Å². The number of halogens is 9. The van der Waals surface area contributed by atoms with E-state index in [0.717, 1.165) is 0 Å². The maximum atomic E-state index is 14.3. The van der Waals surface area contributed by atoms with Gasteiger partial charge in [0, 0.05) is 11.4 Å². The highest BCUT2D eigenvalue weighted by molar-refractivity contribution is 6.31. The van der Waals surface area contributed by atoms with E-state index in [9.17, 15) is 35.8 Å². The molecule has 1 unspecified atom stereocenters. The minimum absolute atomic E-state index is 0.229. The fourth-order valence-electron chi connectivity index (χ4n) is 3.25. The highest BCUT2D eigenvalue weighted by Crippen LogP contribution is 2.44. The van der Waals surface area contributed by atoms with Gasteiger partial charge in [-0.15, -0.1) is 0 Å². The molecule has 0 aliphatic carbocycles. The Labute approximate surface area is 178 Å². The fourth-order valence-corrected chi connectivity index (χ4v) is 3.62. The lowest BCUT2D eigenvalue weighted by Gasteiger charge is -2.38. The number of hydrogen-bond acceptors (Lipinski definition) is 1. The highest BCUT2D eigenvalue weighted by Gasteiger charge is 2.56. The van der Waals surface area contributed by atoms with Crippen molar-refractivity contribution in [3.05, 3.63) is 69.0 Å². The van der Waals surface area contributed by atoms with Crippen molar-refractivity contribution in [1.82, 2.24) is 0 Å². The molecule has 0 saturated carbocycles. The predicted molar refractivity (Wildman–Crippen MR) is 100 cm³/mol. The topological polar surface area (TPSA) is 20.2 Å². The van der Waals surface area contributed by atoms with Crippen molar-refractivity contribution in [2.45, 2.75) is 50.1 Å². The molecule has 166 valence electrons. The van der Waals surface area contributed by atoms with Gasteiger partial charge in [-0.25, -0.2) is 4.39 Å². The minimum atomic E-state index is -5.26. The van der Waals surface area contributed by atoms with Gasteiger partial charge >= 0.3 is 12.4 Å². The van der Waals surface area contributed by atoms with Crippen LogP contribution < -0.4 is 0 Å². The average Bonchev–Trinajstić information content (AvgIpc) is 2.56. The monoisotopic (exact) mass is 476 g/mol. The van der Waals surface area contributed by atoms with Gasteiger partial charge in [0.1, 0.15) is 5.82 Å². The third-order valence-electron chi connectivity index (χ3n) is 4.80. The van der Waals surface area contributed by atoms with Crippen LogP contribution in [0.25, 0.3) is 0 Å². The van der Waals surface area contributed by atoms with Crippen LogP contribution in [0.4, 0.5) is 30.7 Å². The van der Waals surface area contributed by atoms with Gasteiger partial charge < -0.3 is 5.11 Å². The molecule has 0 bridgehead atoms. The highest BCUT2D eigenvalue weighted by atomic mass is 35.5. The molecule has 0 aliphatic heterocycles. The minimum Gasteiger partial charge on any atom is -0.380 e. The molecular formula is C20H17Cl2F7O. The van der Waals surface area contributed by atoms with Gasteiger partial charge in [-0.05, 0) is 47.2 Å². The number of aliphatic hydroxyl groups is 1. The Balaban J connectivity index is 2.51. The summed E-state index contributed by atoms with van der Waals surface area (Å²) in [5.74, 6) is -1.45. The molecule has 1 nitrogen and oxygen atoms in total. The van der Waals surface area contributed by atoms with Crippen molar-refractivity contribution in [2.24, 2.45) is 0 Å². The Hall–Kier alpha value is -1.51. The van der Waals surface area contributed by atoms with E-state index >= 15 is 0 Å². The molecule has 2 rings (SSSR count). The second kappa shape index (κ2) is 8.20. The van der Waals surface area contributed by atoms with E-state index < -0.39 is 58.2 Å². The van der Waals surface area contributed by atoms with Gasteiger partial charge in [0.25, 0.3) is 0 Å². The van der Waals surface area contributed by atoms with Crippen molar-refractivity contribution >= 4 is 23.2 Å². The molecule has 0 saturated heterocycles. The summed E-state index contributed by atoms with van der Waals surface area (Å²) < 4.78 is 94.7. The molecule has 10 heteroatoms. The standard InChI is InChI=1S/C20H17Cl2F7O/c1-17(2,12-3-5-14(21)6-4-12)10-18(30,20(27,28)29)9-11-7-13(19(24,25)26)8-15(22)16(11)23/h3-8,30H,9-10H2,1-2H3. The van der Waals surface area contributed by atoms with Crippen LogP contribution in [-0.2, 0) is 18.0 Å². The van der Waals surface area contributed by atoms with Crippen LogP contribution in [0.2, 0.25) is 10.0 Å². The van der Waals surface area contributed by atoms with Crippen molar-refractivity contribution in [3.63, 3.8) is 0 Å². The summed E-state index contributed by atoms with van der Waals surface area (Å²) in [6.45, 7) is 2.84. The van der Waals surface area contributed by atoms with E-state index in [1.165, 1.54) is 38.1 Å². The van der Waals surface area contributed by atoms with Crippen molar-refractivity contribution in [2.75, 3.05) is 0 Å². The van der Waals surface area contributed by atoms with Crippen LogP contribution in [0.3, 0.4) is 0 Å². The zero-order chi connectivity index (χ0) is 23.1. The summed E-state index contributed by atoms with van der Waals surface area (Å²) >= 11 is 11.2. The molecule has 0 spiro atoms. The smallest absolute Gasteiger partial charge is 0.380 e. The van der Waals surface area contributed by atoms with Gasteiger partial charge in [0.15, 0.2) is 5.60 Å². The maximum Gasteiger partial charge on any atom is 0.417 e. The molecule has 2 aromatic rings. The Kier molecular flexibility index (Phi) is 6.77. The summed E-state index contributed by atoms with van der Waals surface area (Å²) in [6, 6.07) is 6.37. The zero-order valence-corrected chi connectivity index (χ0v) is 17.2. The van der Waals surface area contributed by atoms with E-state index in [4.69, 9.17) is 23.2 Å². The lowest BCUT2D eigenvalue weighted by Crippen LogP contribution is -2.51. The number of benzene rings is 2. The number of alkyl halides is 6. The Morgan fingerprint density at radius 2 is 1.40 bits per heavy atom. The van der Waals surface area contributed by atoms with Crippen molar-refractivity contribution in [3.8, 4) is 0 Å². The third kappa shape index (κ3) is 5.39. The van der Waals surface area contributed by atoms with Crippen LogP contribution in [-0.4, -0.2) is 16.9 Å². The molecule has 0 aromatic heterocycles. The second-order valence-corrected chi connectivity index (χ2v) is 8.55. The van der Waals surface area contributed by atoms with E-state index in [-0.39, 0.29) is 12.1 Å². The first kappa shape index (κ1) is 24.8. The summed E-state index contributed by atoms with van der Waals surface area (Å²) in [6.07, 6.45) is -12.6. The van der Waals surface area contributed by atoms with Crippen LogP contribution in [0.5, 0.6) is 0 Å². The average molecular weight is 477 g/mol. The van der Waals surface area contributed by atoms with Crippen LogP contribution in [0, 0.1) is 5.82 Å². The number of hydrogen-bond donors (Lipinski definition) is 1. The molecular weight excluding hydrogens is 460 g/mol. The molecule has 2 aromatic carbocycles. The quantitative estimate of drug-likeness (QED) is 0.447. The molecule has 0 aliphatic rings. The molecule has 1 atom stereocenters. The molecule has 0 heterocycles. The molecule has 0 radical (unpaired) electrons. The predicted octanol–water partition coefficient (Wildman–Crippen LogP) is 7.36. The van der Waals surface area contributed by atoms with E-state index in [2.05, 4.69) is 0 Å². The largest absolute Gasteiger partial charge is 0.417 e. The summed E-state index contributed by atoms with van der Waals surface area (Å²) in [7, 11) is 0. The molecule has 30 heavy (non-hydrogen) atoms. The first-order valence-electron chi connectivity index (χ1n) is 8.56. The molecule has 0 amide bonds. The molecule has 0 fully saturated rings. The van der Waals surface area contributed by atoms with Gasteiger partial charge in [-0.2, -0.15) is 26.3 Å². The lowest BCUT2D eigenvalue weighted by molar-refractivity contribution is -0.266. The van der Waals surface area contributed by atoms with Crippen LogP contribution >= 0.6 is 23.2 Å². The van der Waals surface area contributed by atoms with Crippen molar-refractivity contribution < 1.29 is 35.8 Å². The Morgan fingerprint density at radius 3 is 1.87 bits per heavy atom. The normalized spacial score (nSPS) is 15.2. The van der Waals surface area contributed by atoms with Gasteiger partial charge in [-0.1, -0.05) is 49.2 Å². The summed E-state index contributed by atoms with van der Waals surface area (Å²) in [5.41, 5.74) is -6.80. The van der Waals surface area contributed by atoms with Crippen LogP contribution in [0.15, 0.2) is 36.4 Å². The summed E-state index contributed by atoms with van der Waals surface area (Å²) in [4.78, 5) is 0. The fraction of sp³-hybridized carbons (Fsp3) is 0.400. The lowest BCUT2D eigenvalue weighted by atomic mass is 9.73. The third-order valence-corrected chi connectivity index (χ3v) is 5.33.